The van der Waals surface area contributed by atoms with Gasteiger partial charge in [-0.05, 0) is 45.0 Å². The van der Waals surface area contributed by atoms with Crippen LogP contribution in [0.3, 0.4) is 0 Å². The second kappa shape index (κ2) is 6.12. The van der Waals surface area contributed by atoms with E-state index < -0.39 is 0 Å². The number of rotatable bonds is 4. The number of hydrogen-bond donors (Lipinski definition) is 0. The third kappa shape index (κ3) is 3.18. The average molecular weight is 306 g/mol. The molecule has 5 nitrogen and oxygen atoms in total. The highest BCUT2D eigenvalue weighted by Gasteiger charge is 2.18. The lowest BCUT2D eigenvalue weighted by atomic mass is 10.1. The minimum atomic E-state index is -0.0704. The van der Waals surface area contributed by atoms with E-state index in [0.29, 0.717) is 5.69 Å². The first-order valence-corrected chi connectivity index (χ1v) is 7.49. The quantitative estimate of drug-likeness (QED) is 0.695. The third-order valence-electron chi connectivity index (χ3n) is 3.72. The maximum Gasteiger partial charge on any atom is 0.190 e. The van der Waals surface area contributed by atoms with E-state index >= 15 is 0 Å². The molecule has 0 unspecified atom stereocenters. The maximum absolute atomic E-state index is 12.5. The van der Waals surface area contributed by atoms with Gasteiger partial charge in [0, 0.05) is 11.4 Å². The number of ketones is 1. The molecule has 0 bridgehead atoms. The van der Waals surface area contributed by atoms with E-state index in [1.165, 1.54) is 5.56 Å². The van der Waals surface area contributed by atoms with Crippen LogP contribution in [0.15, 0.2) is 42.5 Å². The Morgan fingerprint density at radius 3 is 2.48 bits per heavy atom. The summed E-state index contributed by atoms with van der Waals surface area (Å²) in [6, 6.07) is 13.6. The van der Waals surface area contributed by atoms with Gasteiger partial charge in [-0.15, -0.1) is 5.10 Å². The van der Waals surface area contributed by atoms with Gasteiger partial charge in [0.2, 0.25) is 0 Å². The molecular formula is C18H18N4O. The topological polar surface area (TPSA) is 60.7 Å². The van der Waals surface area contributed by atoms with Crippen LogP contribution < -0.4 is 0 Å². The molecule has 2 heterocycles. The highest BCUT2D eigenvalue weighted by molar-refractivity contribution is 5.96. The first kappa shape index (κ1) is 15.1. The molecular weight excluding hydrogens is 288 g/mol. The summed E-state index contributed by atoms with van der Waals surface area (Å²) in [7, 11) is 0. The van der Waals surface area contributed by atoms with Crippen LogP contribution >= 0.6 is 0 Å². The van der Waals surface area contributed by atoms with Crippen LogP contribution in [0.2, 0.25) is 0 Å². The molecule has 0 saturated heterocycles. The van der Waals surface area contributed by atoms with Gasteiger partial charge in [0.05, 0.1) is 17.8 Å². The van der Waals surface area contributed by atoms with E-state index in [9.17, 15) is 4.79 Å². The van der Waals surface area contributed by atoms with Gasteiger partial charge in [-0.2, -0.15) is 0 Å². The lowest BCUT2D eigenvalue weighted by Gasteiger charge is -2.04. The standard InChI is InChI=1S/C18H18N4O/c1-12-7-9-16(10-8-12)22-14(3)18(20-21-22)17(23)11-15-6-4-5-13(2)19-15/h4-10H,11H2,1-3H3. The lowest BCUT2D eigenvalue weighted by molar-refractivity contribution is 0.0986. The van der Waals surface area contributed by atoms with Gasteiger partial charge in [0.1, 0.15) is 0 Å². The van der Waals surface area contributed by atoms with Gasteiger partial charge in [-0.1, -0.05) is 29.0 Å². The molecule has 0 spiro atoms. The molecule has 0 radical (unpaired) electrons. The van der Waals surface area contributed by atoms with Gasteiger partial charge in [-0.3, -0.25) is 9.78 Å². The molecule has 0 aliphatic carbocycles. The Bertz CT molecular complexity index is 850. The van der Waals surface area contributed by atoms with Crippen molar-refractivity contribution in [1.82, 2.24) is 20.0 Å². The fraction of sp³-hybridized carbons (Fsp3) is 0.222. The summed E-state index contributed by atoms with van der Waals surface area (Å²) in [5.41, 5.74) is 4.86. The van der Waals surface area contributed by atoms with E-state index in [1.807, 2.05) is 63.2 Å². The molecule has 1 aromatic carbocycles. The first-order chi connectivity index (χ1) is 11.0. The van der Waals surface area contributed by atoms with Crippen molar-refractivity contribution in [3.63, 3.8) is 0 Å². The van der Waals surface area contributed by atoms with Crippen molar-refractivity contribution in [1.29, 1.82) is 0 Å². The summed E-state index contributed by atoms with van der Waals surface area (Å²) in [5, 5.41) is 8.19. The number of aryl methyl sites for hydroxylation is 2. The molecule has 0 aliphatic rings. The molecule has 3 rings (SSSR count). The van der Waals surface area contributed by atoms with Crippen molar-refractivity contribution < 1.29 is 4.79 Å². The van der Waals surface area contributed by atoms with Crippen LogP contribution in [0.25, 0.3) is 5.69 Å². The predicted molar refractivity (Wildman–Crippen MR) is 87.8 cm³/mol. The summed E-state index contributed by atoms with van der Waals surface area (Å²) in [5.74, 6) is -0.0704. The lowest BCUT2D eigenvalue weighted by Crippen LogP contribution is -2.08. The fourth-order valence-corrected chi connectivity index (χ4v) is 2.46. The van der Waals surface area contributed by atoms with Gasteiger partial charge in [0.25, 0.3) is 0 Å². The normalized spacial score (nSPS) is 10.7. The van der Waals surface area contributed by atoms with E-state index in [0.717, 1.165) is 22.8 Å². The number of pyridine rings is 1. The number of hydrogen-bond acceptors (Lipinski definition) is 4. The molecule has 23 heavy (non-hydrogen) atoms. The zero-order valence-electron chi connectivity index (χ0n) is 13.4. The van der Waals surface area contributed by atoms with E-state index in [1.54, 1.807) is 4.68 Å². The van der Waals surface area contributed by atoms with Gasteiger partial charge in [0.15, 0.2) is 11.5 Å². The average Bonchev–Trinajstić information content (AvgIpc) is 2.90. The summed E-state index contributed by atoms with van der Waals surface area (Å²) in [6.45, 7) is 5.80. The first-order valence-electron chi connectivity index (χ1n) is 7.49. The number of carbonyl (C=O) groups is 1. The molecule has 0 N–H and O–H groups in total. The van der Waals surface area contributed by atoms with E-state index in [2.05, 4.69) is 15.3 Å². The highest BCUT2D eigenvalue weighted by atomic mass is 16.1. The Kier molecular flexibility index (Phi) is 4.02. The smallest absolute Gasteiger partial charge is 0.190 e. The van der Waals surface area contributed by atoms with Crippen molar-refractivity contribution in [2.45, 2.75) is 27.2 Å². The minimum Gasteiger partial charge on any atom is -0.292 e. The Morgan fingerprint density at radius 1 is 1.04 bits per heavy atom. The summed E-state index contributed by atoms with van der Waals surface area (Å²) >= 11 is 0. The van der Waals surface area contributed by atoms with Crippen molar-refractivity contribution in [3.05, 3.63) is 70.8 Å². The van der Waals surface area contributed by atoms with Crippen LogP contribution in [-0.2, 0) is 6.42 Å². The summed E-state index contributed by atoms with van der Waals surface area (Å²) < 4.78 is 1.69. The molecule has 0 amide bonds. The molecule has 0 atom stereocenters. The molecule has 0 aliphatic heterocycles. The number of aromatic nitrogens is 4. The molecule has 0 fully saturated rings. The molecule has 2 aromatic heterocycles. The van der Waals surface area contributed by atoms with Gasteiger partial charge < -0.3 is 0 Å². The zero-order valence-corrected chi connectivity index (χ0v) is 13.4. The Hall–Kier alpha value is -2.82. The SMILES string of the molecule is Cc1ccc(-n2nnc(C(=O)Cc3cccc(C)n3)c2C)cc1. The van der Waals surface area contributed by atoms with Crippen LogP contribution in [0.5, 0.6) is 0 Å². The van der Waals surface area contributed by atoms with E-state index in [4.69, 9.17) is 0 Å². The highest BCUT2D eigenvalue weighted by Crippen LogP contribution is 2.14. The number of Topliss-reactive ketones (excluding diaryl/α,β-unsaturated/α-hetero) is 1. The Morgan fingerprint density at radius 2 is 1.78 bits per heavy atom. The molecule has 0 saturated carbocycles. The Balaban J connectivity index is 1.86. The molecule has 116 valence electrons. The summed E-state index contributed by atoms with van der Waals surface area (Å²) in [4.78, 5) is 16.9. The number of nitrogens with zero attached hydrogens (tertiary/aromatic N) is 4. The zero-order chi connectivity index (χ0) is 16.4. The molecule has 3 aromatic rings. The maximum atomic E-state index is 12.5. The van der Waals surface area contributed by atoms with Gasteiger partial charge >= 0.3 is 0 Å². The molecule has 5 heteroatoms. The monoisotopic (exact) mass is 306 g/mol. The van der Waals surface area contributed by atoms with Crippen LogP contribution in [0.1, 0.15) is 33.1 Å². The fourth-order valence-electron chi connectivity index (χ4n) is 2.46. The van der Waals surface area contributed by atoms with Crippen molar-refractivity contribution in [2.24, 2.45) is 0 Å². The number of benzene rings is 1. The largest absolute Gasteiger partial charge is 0.292 e. The summed E-state index contributed by atoms with van der Waals surface area (Å²) in [6.07, 6.45) is 0.231. The van der Waals surface area contributed by atoms with Crippen LogP contribution in [0.4, 0.5) is 0 Å². The van der Waals surface area contributed by atoms with Crippen LogP contribution in [-0.4, -0.2) is 25.8 Å². The predicted octanol–water partition coefficient (Wildman–Crippen LogP) is 3.01. The van der Waals surface area contributed by atoms with Crippen molar-refractivity contribution in [3.8, 4) is 5.69 Å². The van der Waals surface area contributed by atoms with E-state index in [-0.39, 0.29) is 12.2 Å². The second-order valence-electron chi connectivity index (χ2n) is 5.64. The van der Waals surface area contributed by atoms with Crippen molar-refractivity contribution in [2.75, 3.05) is 0 Å². The second-order valence-corrected chi connectivity index (χ2v) is 5.64. The van der Waals surface area contributed by atoms with Crippen LogP contribution in [0, 0.1) is 20.8 Å². The van der Waals surface area contributed by atoms with Crippen molar-refractivity contribution >= 4 is 5.78 Å². The Labute approximate surface area is 135 Å². The van der Waals surface area contributed by atoms with Gasteiger partial charge in [-0.25, -0.2) is 4.68 Å². The minimum absolute atomic E-state index is 0.0704. The third-order valence-corrected chi connectivity index (χ3v) is 3.72. The number of carbonyl (C=O) groups excluding carboxylic acids is 1.